The highest BCUT2D eigenvalue weighted by Crippen LogP contribution is 2.53. The lowest BCUT2D eigenvalue weighted by atomic mass is 9.88. The van der Waals surface area contributed by atoms with E-state index in [1.165, 1.54) is 36.4 Å². The molecule has 1 heterocycles. The first-order valence-corrected chi connectivity index (χ1v) is 16.3. The van der Waals surface area contributed by atoms with E-state index >= 15 is 4.39 Å². The highest BCUT2D eigenvalue weighted by molar-refractivity contribution is 8.10. The Balaban J connectivity index is 1.81. The van der Waals surface area contributed by atoms with Crippen molar-refractivity contribution in [2.75, 3.05) is 0 Å². The summed E-state index contributed by atoms with van der Waals surface area (Å²) in [4.78, 5) is 2.19. The number of halogens is 2. The van der Waals surface area contributed by atoms with Gasteiger partial charge >= 0.3 is 4.33 Å². The largest absolute Gasteiger partial charge is 0.354 e. The van der Waals surface area contributed by atoms with E-state index in [-0.39, 0.29) is 11.1 Å². The van der Waals surface area contributed by atoms with Crippen molar-refractivity contribution in [2.24, 2.45) is 0 Å². The summed E-state index contributed by atoms with van der Waals surface area (Å²) in [6.07, 6.45) is 0. The third kappa shape index (κ3) is 4.65. The zero-order chi connectivity index (χ0) is 30.2. The van der Waals surface area contributed by atoms with Gasteiger partial charge in [0.2, 0.25) is 19.7 Å². The first-order chi connectivity index (χ1) is 20.7. The Kier molecular flexibility index (Phi) is 7.23. The molecule has 6 rings (SSSR count). The molecular weight excluding hydrogens is 589 g/mol. The van der Waals surface area contributed by atoms with Gasteiger partial charge in [0.25, 0.3) is 0 Å². The van der Waals surface area contributed by atoms with E-state index in [2.05, 4.69) is 4.98 Å². The number of benzene rings is 5. The van der Waals surface area contributed by atoms with Crippen molar-refractivity contribution in [2.45, 2.75) is 20.0 Å². The minimum absolute atomic E-state index is 0.0638. The highest BCUT2D eigenvalue weighted by atomic mass is 32.3. The number of fused-ring (bicyclic) bond motifs is 1. The number of para-hydroxylation sites is 1. The van der Waals surface area contributed by atoms with Crippen molar-refractivity contribution in [1.82, 2.24) is 4.98 Å². The van der Waals surface area contributed by atoms with Crippen LogP contribution in [0.3, 0.4) is 0 Å². The molecule has 0 fully saturated rings. The van der Waals surface area contributed by atoms with Crippen LogP contribution < -0.4 is 0 Å². The lowest BCUT2D eigenvalue weighted by molar-refractivity contribution is 0.327. The normalized spacial score (nSPS) is 13.2. The number of nitrogens with one attached hydrogen (secondary N) is 1. The van der Waals surface area contributed by atoms with Crippen molar-refractivity contribution in [3.8, 4) is 11.3 Å². The van der Waals surface area contributed by atoms with Crippen LogP contribution in [0.25, 0.3) is 22.2 Å². The smallest absolute Gasteiger partial charge is 0.328 e. The van der Waals surface area contributed by atoms with Gasteiger partial charge in [0, 0.05) is 10.9 Å². The van der Waals surface area contributed by atoms with Gasteiger partial charge in [-0.3, -0.25) is 0 Å². The van der Waals surface area contributed by atoms with Gasteiger partial charge < -0.3 is 4.98 Å². The summed E-state index contributed by atoms with van der Waals surface area (Å²) in [6.45, 7) is 0. The Morgan fingerprint density at radius 2 is 1.12 bits per heavy atom. The molecule has 43 heavy (non-hydrogen) atoms. The Morgan fingerprint density at radius 1 is 0.605 bits per heavy atom. The van der Waals surface area contributed by atoms with Gasteiger partial charge in [0.05, 0.1) is 21.4 Å². The van der Waals surface area contributed by atoms with Crippen molar-refractivity contribution >= 4 is 30.6 Å². The second-order valence-corrected chi connectivity index (χ2v) is 14.4. The quantitative estimate of drug-likeness (QED) is 0.191. The van der Waals surface area contributed by atoms with E-state index in [1.54, 1.807) is 66.7 Å². The van der Waals surface area contributed by atoms with Crippen LogP contribution in [0.2, 0.25) is 0 Å². The monoisotopic (exact) mass is 613 g/mol. The number of hydrogen-bond acceptors (Lipinski definition) is 4. The summed E-state index contributed by atoms with van der Waals surface area (Å²) in [7, 11) is -10.7. The lowest BCUT2D eigenvalue weighted by Crippen LogP contribution is -2.48. The minimum Gasteiger partial charge on any atom is -0.354 e. The molecule has 6 aromatic rings. The molecule has 5 aromatic carbocycles. The van der Waals surface area contributed by atoms with Gasteiger partial charge in [-0.1, -0.05) is 97.1 Å². The first kappa shape index (κ1) is 28.5. The van der Waals surface area contributed by atoms with Crippen LogP contribution in [0.5, 0.6) is 0 Å². The fourth-order valence-corrected chi connectivity index (χ4v) is 10.0. The van der Waals surface area contributed by atoms with Crippen LogP contribution in [-0.4, -0.2) is 26.2 Å². The summed E-state index contributed by atoms with van der Waals surface area (Å²) in [6, 6.07) is 33.6. The molecule has 0 bridgehead atoms. The van der Waals surface area contributed by atoms with Crippen LogP contribution in [0.1, 0.15) is 17.0 Å². The zero-order valence-electron chi connectivity index (χ0n) is 22.6. The maximum Gasteiger partial charge on any atom is 0.328 e. The molecule has 0 aliphatic rings. The maximum absolute atomic E-state index is 18.7. The number of aromatic amines is 1. The number of hydrogen-bond donors (Lipinski definition) is 1. The zero-order valence-corrected chi connectivity index (χ0v) is 24.2. The number of alkyl halides is 1. The standard InChI is InChI=1S/C34H25F2NO4S2/c35-26-16-12-15-25(23-26)32(31-29-21-10-11-22-30(29)37-33(31)24-13-4-1-5-14-24)34(36,42(38,39)27-17-6-2-7-18-27)43(40,41)28-19-8-3-9-20-28/h1-23,32,37H/t32-/m1/s1. The molecule has 0 aliphatic heterocycles. The molecule has 0 radical (unpaired) electrons. The molecule has 0 amide bonds. The van der Waals surface area contributed by atoms with Crippen LogP contribution in [0, 0.1) is 5.82 Å². The fourth-order valence-electron chi connectivity index (χ4n) is 5.50. The molecule has 0 unspecified atom stereocenters. The van der Waals surface area contributed by atoms with Crippen molar-refractivity contribution in [1.29, 1.82) is 0 Å². The number of H-pyrrole nitrogens is 1. The molecule has 216 valence electrons. The molecular formula is C34H25F2NO4S2. The van der Waals surface area contributed by atoms with Gasteiger partial charge in [-0.15, -0.1) is 0 Å². The Bertz CT molecular complexity index is 2060. The van der Waals surface area contributed by atoms with Crippen LogP contribution in [0.15, 0.2) is 149 Å². The molecule has 5 nitrogen and oxygen atoms in total. The van der Waals surface area contributed by atoms with Crippen LogP contribution >= 0.6 is 0 Å². The van der Waals surface area contributed by atoms with Crippen molar-refractivity contribution in [3.05, 3.63) is 156 Å². The topological polar surface area (TPSA) is 84.1 Å². The Labute approximate surface area is 248 Å². The predicted octanol–water partition coefficient (Wildman–Crippen LogP) is 7.68. The van der Waals surface area contributed by atoms with Gasteiger partial charge in [-0.05, 0) is 59.2 Å². The van der Waals surface area contributed by atoms with E-state index in [1.807, 2.05) is 0 Å². The van der Waals surface area contributed by atoms with E-state index in [0.717, 1.165) is 36.4 Å². The molecule has 0 spiro atoms. The van der Waals surface area contributed by atoms with E-state index in [4.69, 9.17) is 0 Å². The average Bonchev–Trinajstić information content (AvgIpc) is 3.41. The molecule has 1 N–H and O–H groups in total. The second-order valence-electron chi connectivity index (χ2n) is 10.0. The third-order valence-electron chi connectivity index (χ3n) is 7.46. The SMILES string of the molecule is O=S(=O)(c1ccccc1)C(F)([C@H](c1cccc(F)c1)c1c(-c2ccccc2)[nH]c2ccccc12)S(=O)(=O)c1ccccc1. The lowest BCUT2D eigenvalue weighted by Gasteiger charge is -2.34. The molecule has 0 saturated carbocycles. The Hall–Kier alpha value is -4.60. The molecule has 0 aliphatic carbocycles. The van der Waals surface area contributed by atoms with Crippen LogP contribution in [0.4, 0.5) is 8.78 Å². The van der Waals surface area contributed by atoms with Gasteiger partial charge in [0.1, 0.15) is 5.82 Å². The van der Waals surface area contributed by atoms with Crippen LogP contribution in [-0.2, 0) is 19.7 Å². The molecule has 1 aromatic heterocycles. The van der Waals surface area contributed by atoms with Gasteiger partial charge in [-0.25, -0.2) is 25.6 Å². The first-order valence-electron chi connectivity index (χ1n) is 13.4. The van der Waals surface area contributed by atoms with Gasteiger partial charge in [-0.2, -0.15) is 0 Å². The highest BCUT2D eigenvalue weighted by Gasteiger charge is 2.64. The Morgan fingerprint density at radius 3 is 1.67 bits per heavy atom. The summed E-state index contributed by atoms with van der Waals surface area (Å²) in [5.41, 5.74) is 1.29. The maximum atomic E-state index is 18.7. The minimum atomic E-state index is -5.35. The van der Waals surface area contributed by atoms with Crippen molar-refractivity contribution in [3.63, 3.8) is 0 Å². The van der Waals surface area contributed by atoms with Crippen molar-refractivity contribution < 1.29 is 25.6 Å². The van der Waals surface area contributed by atoms with E-state index < -0.39 is 45.5 Å². The number of sulfone groups is 2. The number of aromatic nitrogens is 1. The molecule has 9 heteroatoms. The summed E-state index contributed by atoms with van der Waals surface area (Å²) in [5.74, 6) is -2.81. The predicted molar refractivity (Wildman–Crippen MR) is 163 cm³/mol. The summed E-state index contributed by atoms with van der Waals surface area (Å²) >= 11 is 0. The van der Waals surface area contributed by atoms with E-state index in [9.17, 15) is 21.2 Å². The average molecular weight is 614 g/mol. The fraction of sp³-hybridized carbons (Fsp3) is 0.0588. The third-order valence-corrected chi connectivity index (χ3v) is 12.5. The summed E-state index contributed by atoms with van der Waals surface area (Å²) in [5, 5.41) is 0.393. The molecule has 0 saturated heterocycles. The molecule has 1 atom stereocenters. The van der Waals surface area contributed by atoms with Gasteiger partial charge in [0.15, 0.2) is 0 Å². The summed E-state index contributed by atoms with van der Waals surface area (Å²) < 4.78 is 87.9. The number of rotatable bonds is 8. The second kappa shape index (κ2) is 10.9. The van der Waals surface area contributed by atoms with E-state index in [0.29, 0.717) is 22.2 Å².